The van der Waals surface area contributed by atoms with E-state index in [0.29, 0.717) is 24.8 Å². The second-order valence-electron chi connectivity index (χ2n) is 5.63. The minimum Gasteiger partial charge on any atom is -0.354 e. The fourth-order valence-corrected chi connectivity index (χ4v) is 1.73. The fourth-order valence-electron chi connectivity index (χ4n) is 1.73. The third-order valence-electron chi connectivity index (χ3n) is 3.10. The van der Waals surface area contributed by atoms with E-state index in [0.717, 1.165) is 12.8 Å². The zero-order chi connectivity index (χ0) is 13.7. The molecule has 2 amide bonds. The summed E-state index contributed by atoms with van der Waals surface area (Å²) in [5, 5.41) is 5.48. The van der Waals surface area contributed by atoms with Crippen LogP contribution in [0, 0.1) is 11.8 Å². The van der Waals surface area contributed by atoms with Gasteiger partial charge in [-0.25, -0.2) is 0 Å². The Morgan fingerprint density at radius 2 is 1.89 bits per heavy atom. The molecule has 1 saturated carbocycles. The van der Waals surface area contributed by atoms with Gasteiger partial charge in [-0.1, -0.05) is 13.8 Å². The maximum absolute atomic E-state index is 11.7. The smallest absolute Gasteiger partial charge is 0.242 e. The number of hydrogen-bond acceptors (Lipinski definition) is 3. The minimum absolute atomic E-state index is 0.0593. The number of nitrogens with one attached hydrogen (secondary N) is 2. The number of carbonyl (C=O) groups excluding carboxylic acids is 2. The molecule has 1 aliphatic rings. The van der Waals surface area contributed by atoms with Crippen molar-refractivity contribution >= 4 is 11.8 Å². The monoisotopic (exact) mass is 255 g/mol. The maximum Gasteiger partial charge on any atom is 0.242 e. The standard InChI is InChI=1S/C13H25N3O2/c1-8(2)7-15-13(18)9(3)16-12(17)6-11(14)10-4-5-10/h8-11H,4-7,14H2,1-3H3,(H,15,18)(H,16,17). The zero-order valence-corrected chi connectivity index (χ0v) is 11.5. The van der Waals surface area contributed by atoms with Gasteiger partial charge in [-0.3, -0.25) is 9.59 Å². The summed E-state index contributed by atoms with van der Waals surface area (Å²) in [5.74, 6) is 0.625. The zero-order valence-electron chi connectivity index (χ0n) is 11.5. The van der Waals surface area contributed by atoms with E-state index in [-0.39, 0.29) is 17.9 Å². The molecular weight excluding hydrogens is 230 g/mol. The van der Waals surface area contributed by atoms with Crippen molar-refractivity contribution in [3.63, 3.8) is 0 Å². The Morgan fingerprint density at radius 3 is 2.39 bits per heavy atom. The molecule has 0 aromatic carbocycles. The summed E-state index contributed by atoms with van der Waals surface area (Å²) in [6, 6.07) is -0.557. The number of rotatable bonds is 7. The van der Waals surface area contributed by atoms with Crippen molar-refractivity contribution in [3.8, 4) is 0 Å². The Hall–Kier alpha value is -1.10. The van der Waals surface area contributed by atoms with Crippen molar-refractivity contribution in [2.75, 3.05) is 6.54 Å². The molecule has 0 aromatic heterocycles. The van der Waals surface area contributed by atoms with Gasteiger partial charge in [-0.05, 0) is 31.6 Å². The molecule has 0 saturated heterocycles. The van der Waals surface area contributed by atoms with Crippen LogP contribution in [0.5, 0.6) is 0 Å². The van der Waals surface area contributed by atoms with Crippen molar-refractivity contribution < 1.29 is 9.59 Å². The average Bonchev–Trinajstić information content (AvgIpc) is 3.08. The maximum atomic E-state index is 11.7. The summed E-state index contributed by atoms with van der Waals surface area (Å²) >= 11 is 0. The summed E-state index contributed by atoms with van der Waals surface area (Å²) in [6.45, 7) is 6.37. The Labute approximate surface area is 109 Å². The molecule has 0 bridgehead atoms. The van der Waals surface area contributed by atoms with Gasteiger partial charge in [-0.15, -0.1) is 0 Å². The largest absolute Gasteiger partial charge is 0.354 e. The van der Waals surface area contributed by atoms with E-state index in [2.05, 4.69) is 10.6 Å². The quantitative estimate of drug-likeness (QED) is 0.615. The molecule has 5 heteroatoms. The van der Waals surface area contributed by atoms with E-state index in [1.165, 1.54) is 0 Å². The first kappa shape index (κ1) is 15.0. The summed E-state index contributed by atoms with van der Waals surface area (Å²) in [7, 11) is 0. The highest BCUT2D eigenvalue weighted by molar-refractivity contribution is 5.87. The van der Waals surface area contributed by atoms with Gasteiger partial charge >= 0.3 is 0 Å². The molecule has 104 valence electrons. The summed E-state index contributed by atoms with van der Waals surface area (Å²) in [6.07, 6.45) is 2.56. The van der Waals surface area contributed by atoms with Crippen molar-refractivity contribution in [1.29, 1.82) is 0 Å². The fraction of sp³-hybridized carbons (Fsp3) is 0.846. The van der Waals surface area contributed by atoms with E-state index >= 15 is 0 Å². The Bertz CT molecular complexity index is 301. The van der Waals surface area contributed by atoms with E-state index in [1.54, 1.807) is 6.92 Å². The van der Waals surface area contributed by atoms with E-state index < -0.39 is 6.04 Å². The van der Waals surface area contributed by atoms with Crippen molar-refractivity contribution in [2.24, 2.45) is 17.6 Å². The summed E-state index contributed by atoms with van der Waals surface area (Å²) < 4.78 is 0. The number of carbonyl (C=O) groups is 2. The average molecular weight is 255 g/mol. The van der Waals surface area contributed by atoms with Crippen molar-refractivity contribution in [1.82, 2.24) is 10.6 Å². The predicted octanol–water partition coefficient (Wildman–Crippen LogP) is 0.391. The van der Waals surface area contributed by atoms with Crippen LogP contribution in [0.15, 0.2) is 0 Å². The van der Waals surface area contributed by atoms with Gasteiger partial charge in [0.2, 0.25) is 11.8 Å². The normalized spacial score (nSPS) is 18.3. The first-order valence-electron chi connectivity index (χ1n) is 6.72. The lowest BCUT2D eigenvalue weighted by atomic mass is 10.1. The van der Waals surface area contributed by atoms with Crippen LogP contribution in [-0.2, 0) is 9.59 Å². The van der Waals surface area contributed by atoms with Crippen LogP contribution < -0.4 is 16.4 Å². The number of nitrogens with two attached hydrogens (primary N) is 1. The van der Waals surface area contributed by atoms with Crippen LogP contribution in [0.4, 0.5) is 0 Å². The molecule has 0 aliphatic heterocycles. The lowest BCUT2D eigenvalue weighted by molar-refractivity contribution is -0.128. The topological polar surface area (TPSA) is 84.2 Å². The predicted molar refractivity (Wildman–Crippen MR) is 70.8 cm³/mol. The minimum atomic E-state index is -0.498. The van der Waals surface area contributed by atoms with Gasteiger partial charge in [0.25, 0.3) is 0 Å². The Morgan fingerprint density at radius 1 is 1.28 bits per heavy atom. The van der Waals surface area contributed by atoms with Gasteiger partial charge in [0.05, 0.1) is 0 Å². The number of hydrogen-bond donors (Lipinski definition) is 3. The van der Waals surface area contributed by atoms with Gasteiger partial charge in [0.1, 0.15) is 6.04 Å². The van der Waals surface area contributed by atoms with Crippen LogP contribution in [0.25, 0.3) is 0 Å². The lowest BCUT2D eigenvalue weighted by Gasteiger charge is -2.16. The molecule has 18 heavy (non-hydrogen) atoms. The molecule has 1 fully saturated rings. The van der Waals surface area contributed by atoms with Crippen LogP contribution in [0.1, 0.15) is 40.0 Å². The van der Waals surface area contributed by atoms with Crippen LogP contribution in [-0.4, -0.2) is 30.4 Å². The molecule has 5 nitrogen and oxygen atoms in total. The van der Waals surface area contributed by atoms with Gasteiger partial charge in [0.15, 0.2) is 0 Å². The molecule has 0 spiro atoms. The molecule has 2 unspecified atom stereocenters. The highest BCUT2D eigenvalue weighted by atomic mass is 16.2. The van der Waals surface area contributed by atoms with Crippen LogP contribution >= 0.6 is 0 Å². The lowest BCUT2D eigenvalue weighted by Crippen LogP contribution is -2.46. The second kappa shape index (κ2) is 6.73. The van der Waals surface area contributed by atoms with E-state index in [1.807, 2.05) is 13.8 Å². The molecule has 4 N–H and O–H groups in total. The van der Waals surface area contributed by atoms with Gasteiger partial charge in [-0.2, -0.15) is 0 Å². The van der Waals surface area contributed by atoms with Gasteiger partial charge < -0.3 is 16.4 Å². The molecular formula is C13H25N3O2. The number of amides is 2. The summed E-state index contributed by atoms with van der Waals surface area (Å²) in [4.78, 5) is 23.3. The third-order valence-corrected chi connectivity index (χ3v) is 3.10. The molecule has 0 radical (unpaired) electrons. The Kier molecular flexibility index (Phi) is 5.59. The van der Waals surface area contributed by atoms with E-state index in [9.17, 15) is 9.59 Å². The van der Waals surface area contributed by atoms with Gasteiger partial charge in [0, 0.05) is 19.0 Å². The first-order chi connectivity index (χ1) is 8.40. The van der Waals surface area contributed by atoms with Crippen LogP contribution in [0.3, 0.4) is 0 Å². The van der Waals surface area contributed by atoms with Crippen LogP contribution in [0.2, 0.25) is 0 Å². The first-order valence-corrected chi connectivity index (χ1v) is 6.72. The molecule has 1 rings (SSSR count). The highest BCUT2D eigenvalue weighted by Crippen LogP contribution is 2.32. The Balaban J connectivity index is 2.22. The molecule has 0 aromatic rings. The molecule has 1 aliphatic carbocycles. The second-order valence-corrected chi connectivity index (χ2v) is 5.63. The highest BCUT2D eigenvalue weighted by Gasteiger charge is 2.30. The SMILES string of the molecule is CC(C)CNC(=O)C(C)NC(=O)CC(N)C1CC1. The molecule has 2 atom stereocenters. The molecule has 0 heterocycles. The van der Waals surface area contributed by atoms with Crippen molar-refractivity contribution in [3.05, 3.63) is 0 Å². The van der Waals surface area contributed by atoms with Crippen molar-refractivity contribution in [2.45, 2.75) is 52.1 Å². The third kappa shape index (κ3) is 5.49. The van der Waals surface area contributed by atoms with E-state index in [4.69, 9.17) is 5.73 Å². The summed E-state index contributed by atoms with van der Waals surface area (Å²) in [5.41, 5.74) is 5.87.